The first-order valence-corrected chi connectivity index (χ1v) is 7.15. The minimum atomic E-state index is -0.157. The number of fused-ring (bicyclic) bond motifs is 1. The average molecular weight is 272 g/mol. The van der Waals surface area contributed by atoms with Gasteiger partial charge in [0.25, 0.3) is 0 Å². The van der Waals surface area contributed by atoms with Crippen LogP contribution in [0, 0.1) is 12.8 Å². The Morgan fingerprint density at radius 2 is 1.80 bits per heavy atom. The van der Waals surface area contributed by atoms with Gasteiger partial charge in [0.1, 0.15) is 5.82 Å². The Kier molecular flexibility index (Phi) is 4.23. The van der Waals surface area contributed by atoms with E-state index in [1.165, 1.54) is 0 Å². The molecule has 0 aliphatic carbocycles. The zero-order valence-electron chi connectivity index (χ0n) is 12.8. The zero-order chi connectivity index (χ0) is 14.8. The molecule has 4 nitrogen and oxygen atoms in total. The molecule has 1 aromatic carbocycles. The van der Waals surface area contributed by atoms with E-state index in [-0.39, 0.29) is 5.54 Å². The summed E-state index contributed by atoms with van der Waals surface area (Å²) in [6.45, 7) is 9.10. The maximum Gasteiger partial charge on any atom is 0.148 e. The summed E-state index contributed by atoms with van der Waals surface area (Å²) >= 11 is 0. The molecule has 0 amide bonds. The van der Waals surface area contributed by atoms with E-state index in [1.807, 2.05) is 31.2 Å². The van der Waals surface area contributed by atoms with Crippen molar-refractivity contribution in [3.8, 4) is 0 Å². The number of aryl methyl sites for hydroxylation is 1. The van der Waals surface area contributed by atoms with E-state index in [0.717, 1.165) is 29.0 Å². The van der Waals surface area contributed by atoms with Crippen molar-refractivity contribution in [3.63, 3.8) is 0 Å². The number of rotatable bonds is 5. The molecule has 2 aromatic rings. The van der Waals surface area contributed by atoms with Crippen molar-refractivity contribution < 1.29 is 0 Å². The van der Waals surface area contributed by atoms with Crippen LogP contribution >= 0.6 is 0 Å². The molecule has 108 valence electrons. The van der Waals surface area contributed by atoms with Gasteiger partial charge in [-0.1, -0.05) is 26.0 Å². The van der Waals surface area contributed by atoms with Gasteiger partial charge in [-0.15, -0.1) is 0 Å². The highest BCUT2D eigenvalue weighted by Gasteiger charge is 2.25. The molecule has 2 rings (SSSR count). The van der Waals surface area contributed by atoms with E-state index in [9.17, 15) is 0 Å². The van der Waals surface area contributed by atoms with E-state index in [4.69, 9.17) is 5.73 Å². The first kappa shape index (κ1) is 14.7. The average Bonchev–Trinajstić information content (AvgIpc) is 2.39. The van der Waals surface area contributed by atoms with Crippen molar-refractivity contribution in [2.24, 2.45) is 11.7 Å². The predicted molar refractivity (Wildman–Crippen MR) is 84.8 cm³/mol. The summed E-state index contributed by atoms with van der Waals surface area (Å²) in [6.07, 6.45) is 0.997. The monoisotopic (exact) mass is 272 g/mol. The van der Waals surface area contributed by atoms with E-state index in [2.05, 4.69) is 36.1 Å². The van der Waals surface area contributed by atoms with Gasteiger partial charge in [0.05, 0.1) is 16.7 Å². The third kappa shape index (κ3) is 3.25. The third-order valence-corrected chi connectivity index (χ3v) is 3.47. The van der Waals surface area contributed by atoms with Crippen molar-refractivity contribution in [1.29, 1.82) is 0 Å². The van der Waals surface area contributed by atoms with Crippen LogP contribution in [0.25, 0.3) is 11.0 Å². The van der Waals surface area contributed by atoms with Crippen LogP contribution in [0.1, 0.15) is 32.9 Å². The van der Waals surface area contributed by atoms with Crippen molar-refractivity contribution in [1.82, 2.24) is 9.97 Å². The second-order valence-electron chi connectivity index (χ2n) is 6.13. The van der Waals surface area contributed by atoms with Crippen molar-refractivity contribution >= 4 is 16.9 Å². The quantitative estimate of drug-likeness (QED) is 0.878. The smallest absolute Gasteiger partial charge is 0.148 e. The summed E-state index contributed by atoms with van der Waals surface area (Å²) in [5, 5.41) is 3.50. The van der Waals surface area contributed by atoms with Gasteiger partial charge in [-0.2, -0.15) is 0 Å². The fourth-order valence-corrected chi connectivity index (χ4v) is 2.58. The molecule has 0 saturated heterocycles. The maximum absolute atomic E-state index is 5.96. The molecule has 0 bridgehead atoms. The van der Waals surface area contributed by atoms with Gasteiger partial charge in [-0.3, -0.25) is 0 Å². The maximum atomic E-state index is 5.96. The summed E-state index contributed by atoms with van der Waals surface area (Å²) in [5.41, 5.74) is 8.54. The van der Waals surface area contributed by atoms with Crippen LogP contribution < -0.4 is 11.1 Å². The first-order valence-electron chi connectivity index (χ1n) is 7.15. The Bertz CT molecular complexity index is 594. The molecule has 1 unspecified atom stereocenters. The normalized spacial score (nSPS) is 14.5. The second kappa shape index (κ2) is 5.75. The lowest BCUT2D eigenvalue weighted by Gasteiger charge is -2.32. The number of benzene rings is 1. The molecule has 1 aromatic heterocycles. The van der Waals surface area contributed by atoms with Crippen LogP contribution in [0.4, 0.5) is 5.82 Å². The van der Waals surface area contributed by atoms with Crippen LogP contribution in [0.15, 0.2) is 24.3 Å². The van der Waals surface area contributed by atoms with Gasteiger partial charge in [0, 0.05) is 12.1 Å². The van der Waals surface area contributed by atoms with Gasteiger partial charge in [0.2, 0.25) is 0 Å². The summed E-state index contributed by atoms with van der Waals surface area (Å²) in [6, 6.07) is 7.92. The van der Waals surface area contributed by atoms with E-state index in [1.54, 1.807) is 0 Å². The van der Waals surface area contributed by atoms with Gasteiger partial charge in [-0.05, 0) is 38.3 Å². The zero-order valence-corrected chi connectivity index (χ0v) is 12.8. The van der Waals surface area contributed by atoms with Crippen LogP contribution in [0.5, 0.6) is 0 Å². The number of nitrogens with one attached hydrogen (secondary N) is 1. The molecule has 0 spiro atoms. The lowest BCUT2D eigenvalue weighted by atomic mass is 9.90. The summed E-state index contributed by atoms with van der Waals surface area (Å²) < 4.78 is 0. The number of nitrogens with two attached hydrogens (primary N) is 1. The van der Waals surface area contributed by atoms with E-state index < -0.39 is 0 Å². The molecule has 20 heavy (non-hydrogen) atoms. The lowest BCUT2D eigenvalue weighted by Crippen LogP contribution is -2.44. The molecule has 3 N–H and O–H groups in total. The largest absolute Gasteiger partial charge is 0.362 e. The Morgan fingerprint density at radius 1 is 1.20 bits per heavy atom. The lowest BCUT2D eigenvalue weighted by molar-refractivity contribution is 0.405. The first-order chi connectivity index (χ1) is 9.43. The molecule has 0 aliphatic heterocycles. The van der Waals surface area contributed by atoms with Crippen molar-refractivity contribution in [2.45, 2.75) is 39.7 Å². The van der Waals surface area contributed by atoms with Crippen molar-refractivity contribution in [2.75, 3.05) is 11.9 Å². The number of aromatic nitrogens is 2. The van der Waals surface area contributed by atoms with Crippen LogP contribution in [-0.4, -0.2) is 22.1 Å². The molecule has 0 fully saturated rings. The Labute approximate surface area is 120 Å². The molecular weight excluding hydrogens is 248 g/mol. The van der Waals surface area contributed by atoms with Crippen LogP contribution in [-0.2, 0) is 0 Å². The van der Waals surface area contributed by atoms with Crippen molar-refractivity contribution in [3.05, 3.63) is 30.0 Å². The van der Waals surface area contributed by atoms with E-state index in [0.29, 0.717) is 12.5 Å². The van der Waals surface area contributed by atoms with Gasteiger partial charge < -0.3 is 11.1 Å². The second-order valence-corrected chi connectivity index (χ2v) is 6.13. The Hall–Kier alpha value is -1.68. The molecular formula is C16H24N4. The number of anilines is 1. The number of hydrogen-bond acceptors (Lipinski definition) is 4. The fourth-order valence-electron chi connectivity index (χ4n) is 2.58. The number of hydrogen-bond donors (Lipinski definition) is 2. The summed E-state index contributed by atoms with van der Waals surface area (Å²) in [7, 11) is 0. The molecule has 0 saturated carbocycles. The predicted octanol–water partition coefficient (Wildman–Crippen LogP) is 3.11. The molecule has 1 heterocycles. The Morgan fingerprint density at radius 3 is 2.35 bits per heavy atom. The summed E-state index contributed by atoms with van der Waals surface area (Å²) in [4.78, 5) is 9.29. The standard InChI is InChI=1S/C16H24N4/c1-11(2)9-16(4,10-17)20-15-12(3)18-13-7-5-6-8-14(13)19-15/h5-8,11H,9-10,17H2,1-4H3,(H,19,20). The highest BCUT2D eigenvalue weighted by Crippen LogP contribution is 2.23. The van der Waals surface area contributed by atoms with Gasteiger partial charge >= 0.3 is 0 Å². The van der Waals surface area contributed by atoms with E-state index >= 15 is 0 Å². The fraction of sp³-hybridized carbons (Fsp3) is 0.500. The number of para-hydroxylation sites is 2. The van der Waals surface area contributed by atoms with Gasteiger partial charge in [-0.25, -0.2) is 9.97 Å². The highest BCUT2D eigenvalue weighted by atomic mass is 15.1. The molecule has 0 radical (unpaired) electrons. The molecule has 0 aliphatic rings. The minimum Gasteiger partial charge on any atom is -0.362 e. The third-order valence-electron chi connectivity index (χ3n) is 3.47. The topological polar surface area (TPSA) is 63.8 Å². The molecule has 4 heteroatoms. The van der Waals surface area contributed by atoms with Crippen LogP contribution in [0.2, 0.25) is 0 Å². The molecule has 1 atom stereocenters. The minimum absolute atomic E-state index is 0.157. The highest BCUT2D eigenvalue weighted by molar-refractivity contribution is 5.76. The van der Waals surface area contributed by atoms with Crippen LogP contribution in [0.3, 0.4) is 0 Å². The number of nitrogens with zero attached hydrogens (tertiary/aromatic N) is 2. The summed E-state index contributed by atoms with van der Waals surface area (Å²) in [5.74, 6) is 1.40. The SMILES string of the molecule is Cc1nc2ccccc2nc1NC(C)(CN)CC(C)C. The Balaban J connectivity index is 2.34. The van der Waals surface area contributed by atoms with Gasteiger partial charge in [0.15, 0.2) is 0 Å².